The number of hydrogen-bond donors (Lipinski definition) is 1. The number of carboxylic acids is 1. The van der Waals surface area contributed by atoms with E-state index in [1.54, 1.807) is 32.0 Å². The number of sulfonamides is 1. The molecule has 1 atom stereocenters. The molecule has 0 spiro atoms. The van der Waals surface area contributed by atoms with Gasteiger partial charge in [-0.25, -0.2) is 8.42 Å². The number of ether oxygens (including phenoxy) is 1. The first kappa shape index (κ1) is 18.7. The average molecular weight is 376 g/mol. The summed E-state index contributed by atoms with van der Waals surface area (Å²) in [6.45, 7) is 2.52. The summed E-state index contributed by atoms with van der Waals surface area (Å²) < 4.78 is 37.2. The first-order chi connectivity index (χ1) is 11.2. The normalized spacial score (nSPS) is 13.5. The molecule has 1 aromatic carbocycles. The summed E-state index contributed by atoms with van der Waals surface area (Å²) in [5.74, 6) is -1.27. The smallest absolute Gasteiger partial charge is 0.318 e. The number of methoxy groups -OCH3 is 1. The van der Waals surface area contributed by atoms with E-state index in [1.807, 2.05) is 0 Å². The van der Waals surface area contributed by atoms with Gasteiger partial charge < -0.3 is 14.3 Å². The summed E-state index contributed by atoms with van der Waals surface area (Å²) in [7, 11) is -2.75. The number of halogens is 1. The van der Waals surface area contributed by atoms with Crippen molar-refractivity contribution in [1.29, 1.82) is 0 Å². The number of carbonyl (C=O) groups is 1. The first-order valence-electron chi connectivity index (χ1n) is 7.09. The molecule has 0 amide bonds. The number of hydrogen-bond acceptors (Lipinski definition) is 5. The molecule has 0 aliphatic carbocycles. The topological polar surface area (TPSA) is 97.0 Å². The van der Waals surface area contributed by atoms with Crippen LogP contribution in [0.2, 0.25) is 5.02 Å². The molecule has 7 nitrogen and oxygen atoms in total. The first-order valence-corrected chi connectivity index (χ1v) is 8.91. The summed E-state index contributed by atoms with van der Waals surface area (Å²) >= 11 is 5.94. The van der Waals surface area contributed by atoms with Crippen LogP contribution < -0.4 is 0 Å². The minimum atomic E-state index is -4.16. The molecule has 1 aromatic heterocycles. The molecule has 0 aliphatic heterocycles. The lowest BCUT2D eigenvalue weighted by Crippen LogP contribution is -2.44. The van der Waals surface area contributed by atoms with Crippen LogP contribution in [-0.4, -0.2) is 50.1 Å². The second kappa shape index (κ2) is 7.10. The van der Waals surface area contributed by atoms with E-state index in [0.717, 1.165) is 4.31 Å². The molecule has 0 saturated carbocycles. The van der Waals surface area contributed by atoms with Gasteiger partial charge in [-0.15, -0.1) is 0 Å². The summed E-state index contributed by atoms with van der Waals surface area (Å²) in [6, 6.07) is 4.09. The molecule has 0 bridgehead atoms. The van der Waals surface area contributed by atoms with Gasteiger partial charge in [0.25, 0.3) is 10.0 Å². The van der Waals surface area contributed by atoms with Gasteiger partial charge in [-0.05, 0) is 32.0 Å². The molecular weight excluding hydrogens is 358 g/mol. The second-order valence-electron chi connectivity index (χ2n) is 5.40. The molecule has 0 fully saturated rings. The zero-order chi connectivity index (χ0) is 18.1. The molecule has 24 heavy (non-hydrogen) atoms. The van der Waals surface area contributed by atoms with Gasteiger partial charge in [0.05, 0.1) is 6.61 Å². The molecule has 2 rings (SSSR count). The quantitative estimate of drug-likeness (QED) is 0.798. The van der Waals surface area contributed by atoms with Crippen LogP contribution in [-0.2, 0) is 19.6 Å². The van der Waals surface area contributed by atoms with Gasteiger partial charge in [0.15, 0.2) is 0 Å². The SMILES string of the molecule is COCC(C)N(CC(=O)O)S(=O)(=O)c1oc2ccc(Cl)cc2c1C. The number of nitrogens with zero attached hydrogens (tertiary/aromatic N) is 1. The Bertz CT molecular complexity index is 860. The summed E-state index contributed by atoms with van der Waals surface area (Å²) in [5, 5.41) is 9.79. The van der Waals surface area contributed by atoms with Gasteiger partial charge >= 0.3 is 5.97 Å². The Morgan fingerprint density at radius 1 is 1.46 bits per heavy atom. The summed E-state index contributed by atoms with van der Waals surface area (Å²) in [5.41, 5.74) is 0.748. The molecule has 0 saturated heterocycles. The zero-order valence-electron chi connectivity index (χ0n) is 13.4. The van der Waals surface area contributed by atoms with E-state index < -0.39 is 28.6 Å². The number of rotatable bonds is 7. The van der Waals surface area contributed by atoms with Crippen molar-refractivity contribution in [3.8, 4) is 0 Å². The van der Waals surface area contributed by atoms with E-state index in [-0.39, 0.29) is 11.7 Å². The van der Waals surface area contributed by atoms with E-state index in [9.17, 15) is 13.2 Å². The fourth-order valence-electron chi connectivity index (χ4n) is 2.46. The van der Waals surface area contributed by atoms with Crippen molar-refractivity contribution in [3.05, 3.63) is 28.8 Å². The van der Waals surface area contributed by atoms with Crippen LogP contribution in [0, 0.1) is 6.92 Å². The maximum absolute atomic E-state index is 12.9. The lowest BCUT2D eigenvalue weighted by Gasteiger charge is -2.25. The average Bonchev–Trinajstić information content (AvgIpc) is 2.82. The lowest BCUT2D eigenvalue weighted by atomic mass is 10.2. The van der Waals surface area contributed by atoms with Crippen LogP contribution in [0.25, 0.3) is 11.0 Å². The molecule has 0 radical (unpaired) electrons. The van der Waals surface area contributed by atoms with Crippen molar-refractivity contribution in [2.24, 2.45) is 0 Å². The molecule has 132 valence electrons. The van der Waals surface area contributed by atoms with Crippen LogP contribution >= 0.6 is 11.6 Å². The third kappa shape index (κ3) is 3.56. The highest BCUT2D eigenvalue weighted by Crippen LogP contribution is 2.32. The predicted molar refractivity (Wildman–Crippen MR) is 88.8 cm³/mol. The predicted octanol–water partition coefficient (Wildman–Crippen LogP) is 2.50. The molecule has 1 heterocycles. The van der Waals surface area contributed by atoms with Gasteiger partial charge in [0.2, 0.25) is 5.09 Å². The minimum Gasteiger partial charge on any atom is -0.480 e. The number of furan rings is 1. The standard InChI is InChI=1S/C15H18ClNO6S/c1-9(8-22-3)17(7-14(18)19)24(20,21)15-10(2)12-6-11(16)4-5-13(12)23-15/h4-6,9H,7-8H2,1-3H3,(H,18,19). The fraction of sp³-hybridized carbons (Fsp3) is 0.400. The van der Waals surface area contributed by atoms with E-state index in [1.165, 1.54) is 7.11 Å². The molecule has 1 N–H and O–H groups in total. The summed E-state index contributed by atoms with van der Waals surface area (Å²) in [6.07, 6.45) is 0. The Hall–Kier alpha value is -1.61. The number of aryl methyl sites for hydroxylation is 1. The Balaban J connectivity index is 2.57. The van der Waals surface area contributed by atoms with Crippen LogP contribution in [0.4, 0.5) is 0 Å². The number of aliphatic carboxylic acids is 1. The van der Waals surface area contributed by atoms with Crippen LogP contribution in [0.15, 0.2) is 27.7 Å². The monoisotopic (exact) mass is 375 g/mol. The lowest BCUT2D eigenvalue weighted by molar-refractivity contribution is -0.137. The largest absolute Gasteiger partial charge is 0.480 e. The Morgan fingerprint density at radius 3 is 2.71 bits per heavy atom. The number of fused-ring (bicyclic) bond motifs is 1. The third-order valence-corrected chi connectivity index (χ3v) is 5.79. The summed E-state index contributed by atoms with van der Waals surface area (Å²) in [4.78, 5) is 11.1. The van der Waals surface area contributed by atoms with Crippen LogP contribution in [0.3, 0.4) is 0 Å². The van der Waals surface area contributed by atoms with E-state index in [0.29, 0.717) is 21.6 Å². The van der Waals surface area contributed by atoms with Crippen molar-refractivity contribution in [3.63, 3.8) is 0 Å². The van der Waals surface area contributed by atoms with Crippen LogP contribution in [0.1, 0.15) is 12.5 Å². The molecule has 9 heteroatoms. The highest BCUT2D eigenvalue weighted by atomic mass is 35.5. The van der Waals surface area contributed by atoms with E-state index in [2.05, 4.69) is 0 Å². The van der Waals surface area contributed by atoms with E-state index >= 15 is 0 Å². The Kier molecular flexibility index (Phi) is 5.54. The molecule has 2 aromatic rings. The Morgan fingerprint density at radius 2 is 2.12 bits per heavy atom. The second-order valence-corrected chi connectivity index (χ2v) is 7.63. The van der Waals surface area contributed by atoms with Gasteiger partial charge in [-0.3, -0.25) is 4.79 Å². The highest BCUT2D eigenvalue weighted by molar-refractivity contribution is 7.89. The number of benzene rings is 1. The maximum atomic E-state index is 12.9. The fourth-order valence-corrected chi connectivity index (χ4v) is 4.35. The third-order valence-electron chi connectivity index (χ3n) is 3.59. The van der Waals surface area contributed by atoms with Crippen molar-refractivity contribution < 1.29 is 27.5 Å². The van der Waals surface area contributed by atoms with Crippen molar-refractivity contribution >= 4 is 38.6 Å². The van der Waals surface area contributed by atoms with Crippen molar-refractivity contribution in [2.45, 2.75) is 25.0 Å². The van der Waals surface area contributed by atoms with Gasteiger partial charge in [0.1, 0.15) is 12.1 Å². The number of carboxylic acid groups (broad SMARTS) is 1. The van der Waals surface area contributed by atoms with E-state index in [4.69, 9.17) is 25.9 Å². The zero-order valence-corrected chi connectivity index (χ0v) is 15.0. The van der Waals surface area contributed by atoms with Crippen LogP contribution in [0.5, 0.6) is 0 Å². The van der Waals surface area contributed by atoms with Gasteiger partial charge in [0, 0.05) is 29.1 Å². The van der Waals surface area contributed by atoms with Gasteiger partial charge in [-0.2, -0.15) is 4.31 Å². The molecule has 1 unspecified atom stereocenters. The maximum Gasteiger partial charge on any atom is 0.318 e. The Labute approximate surface area is 144 Å². The van der Waals surface area contributed by atoms with Gasteiger partial charge in [-0.1, -0.05) is 11.6 Å². The molecule has 0 aliphatic rings. The minimum absolute atomic E-state index is 0.0532. The van der Waals surface area contributed by atoms with Crippen molar-refractivity contribution in [1.82, 2.24) is 4.31 Å². The highest BCUT2D eigenvalue weighted by Gasteiger charge is 2.35. The van der Waals surface area contributed by atoms with Crippen molar-refractivity contribution in [2.75, 3.05) is 20.3 Å². The molecular formula is C15H18ClNO6S.